The highest BCUT2D eigenvalue weighted by Gasteiger charge is 1.93. The molecule has 0 amide bonds. The Morgan fingerprint density at radius 2 is 2.14 bits per heavy atom. The van der Waals surface area contributed by atoms with Crippen molar-refractivity contribution in [3.63, 3.8) is 0 Å². The van der Waals surface area contributed by atoms with E-state index in [9.17, 15) is 0 Å². The van der Waals surface area contributed by atoms with Crippen molar-refractivity contribution in [2.75, 3.05) is 14.1 Å². The molecule has 0 atom stereocenters. The standard InChI is InChI=1S/C3H7NOS2/c1-4(2)3(6)7-5/h5H,1-2H3. The zero-order valence-electron chi connectivity index (χ0n) is 4.21. The third-order valence-electron chi connectivity index (χ3n) is 0.443. The van der Waals surface area contributed by atoms with E-state index >= 15 is 0 Å². The van der Waals surface area contributed by atoms with Gasteiger partial charge in [0.05, 0.1) is 12.0 Å². The van der Waals surface area contributed by atoms with E-state index in [2.05, 4.69) is 12.2 Å². The first kappa shape index (κ1) is 7.20. The lowest BCUT2D eigenvalue weighted by Gasteiger charge is -2.07. The maximum absolute atomic E-state index is 8.24. The van der Waals surface area contributed by atoms with Gasteiger partial charge in [-0.15, -0.1) is 0 Å². The molecular weight excluding hydrogens is 130 g/mol. The van der Waals surface area contributed by atoms with E-state index in [0.29, 0.717) is 16.4 Å². The number of nitrogens with zero attached hydrogens (tertiary/aromatic N) is 1. The normalized spacial score (nSPS) is 8.43. The van der Waals surface area contributed by atoms with Crippen molar-refractivity contribution in [2.24, 2.45) is 0 Å². The Hall–Kier alpha value is 0.200. The third kappa shape index (κ3) is 2.85. The highest BCUT2D eigenvalue weighted by atomic mass is 32.2. The van der Waals surface area contributed by atoms with Crippen molar-refractivity contribution < 1.29 is 4.55 Å². The van der Waals surface area contributed by atoms with E-state index in [-0.39, 0.29) is 0 Å². The van der Waals surface area contributed by atoms with Gasteiger partial charge in [0.25, 0.3) is 0 Å². The lowest BCUT2D eigenvalue weighted by atomic mass is 11.0. The number of hydrogen-bond acceptors (Lipinski definition) is 3. The molecule has 0 rings (SSSR count). The molecule has 0 saturated heterocycles. The second-order valence-corrected chi connectivity index (χ2v) is 2.47. The van der Waals surface area contributed by atoms with Crippen LogP contribution in [-0.4, -0.2) is 27.9 Å². The van der Waals surface area contributed by atoms with Crippen LogP contribution in [0.2, 0.25) is 0 Å². The zero-order chi connectivity index (χ0) is 5.86. The van der Waals surface area contributed by atoms with Gasteiger partial charge in [-0.3, -0.25) is 0 Å². The Labute approximate surface area is 52.7 Å². The van der Waals surface area contributed by atoms with Gasteiger partial charge in [-0.25, -0.2) is 0 Å². The molecule has 0 aromatic carbocycles. The molecule has 0 radical (unpaired) electrons. The van der Waals surface area contributed by atoms with Crippen LogP contribution in [0.25, 0.3) is 0 Å². The van der Waals surface area contributed by atoms with Crippen LogP contribution < -0.4 is 0 Å². The van der Waals surface area contributed by atoms with Crippen LogP contribution in [0.15, 0.2) is 0 Å². The largest absolute Gasteiger partial charge is 0.362 e. The zero-order valence-corrected chi connectivity index (χ0v) is 5.84. The molecule has 4 heteroatoms. The second-order valence-electron chi connectivity index (χ2n) is 1.25. The van der Waals surface area contributed by atoms with Gasteiger partial charge >= 0.3 is 0 Å². The average molecular weight is 137 g/mol. The summed E-state index contributed by atoms with van der Waals surface area (Å²) in [6, 6.07) is 0. The summed E-state index contributed by atoms with van der Waals surface area (Å²) in [4.78, 5) is 1.67. The van der Waals surface area contributed by atoms with Crippen molar-refractivity contribution in [3.8, 4) is 0 Å². The van der Waals surface area contributed by atoms with Crippen molar-refractivity contribution in [3.05, 3.63) is 0 Å². The van der Waals surface area contributed by atoms with Crippen molar-refractivity contribution in [1.82, 2.24) is 4.90 Å². The van der Waals surface area contributed by atoms with E-state index in [1.807, 2.05) is 0 Å². The molecule has 0 bridgehead atoms. The molecule has 0 aliphatic rings. The van der Waals surface area contributed by atoms with Crippen molar-refractivity contribution >= 4 is 28.6 Å². The van der Waals surface area contributed by atoms with E-state index in [1.54, 1.807) is 19.0 Å². The first-order valence-corrected chi connectivity index (χ1v) is 2.89. The minimum atomic E-state index is 0.486. The lowest BCUT2D eigenvalue weighted by Crippen LogP contribution is -2.15. The summed E-state index contributed by atoms with van der Waals surface area (Å²) in [6.45, 7) is 0. The summed E-state index contributed by atoms with van der Waals surface area (Å²) in [7, 11) is 3.57. The molecule has 2 nitrogen and oxygen atoms in total. The summed E-state index contributed by atoms with van der Waals surface area (Å²) >= 11 is 5.21. The highest BCUT2D eigenvalue weighted by molar-refractivity contribution is 8.19. The summed E-state index contributed by atoms with van der Waals surface area (Å²) in [5.74, 6) is 0. The Morgan fingerprint density at radius 1 is 1.71 bits per heavy atom. The SMILES string of the molecule is CN(C)C(=S)SO. The van der Waals surface area contributed by atoms with Gasteiger partial charge < -0.3 is 9.45 Å². The third-order valence-corrected chi connectivity index (χ3v) is 1.55. The minimum Gasteiger partial charge on any atom is -0.362 e. The van der Waals surface area contributed by atoms with E-state index in [1.165, 1.54) is 0 Å². The molecule has 0 saturated carbocycles. The molecule has 0 aliphatic heterocycles. The summed E-state index contributed by atoms with van der Waals surface area (Å²) in [6.07, 6.45) is 0. The van der Waals surface area contributed by atoms with E-state index in [4.69, 9.17) is 4.55 Å². The maximum Gasteiger partial charge on any atom is 0.163 e. The Balaban J connectivity index is 3.35. The Morgan fingerprint density at radius 3 is 2.14 bits per heavy atom. The topological polar surface area (TPSA) is 23.5 Å². The fraction of sp³-hybridized carbons (Fsp3) is 0.667. The van der Waals surface area contributed by atoms with Gasteiger partial charge in [0.1, 0.15) is 0 Å². The molecule has 42 valence electrons. The number of thiocarbonyl (C=S) groups is 1. The molecule has 0 aromatic rings. The highest BCUT2D eigenvalue weighted by Crippen LogP contribution is 1.97. The Kier molecular flexibility index (Phi) is 3.33. The predicted molar refractivity (Wildman–Crippen MR) is 36.5 cm³/mol. The molecule has 0 fully saturated rings. The summed E-state index contributed by atoms with van der Waals surface area (Å²) in [5, 5.41) is 0. The smallest absolute Gasteiger partial charge is 0.163 e. The van der Waals surface area contributed by atoms with Crippen LogP contribution in [0.1, 0.15) is 0 Å². The lowest BCUT2D eigenvalue weighted by molar-refractivity contribution is 0.631. The van der Waals surface area contributed by atoms with E-state index in [0.717, 1.165) is 0 Å². The number of hydrogen-bond donors (Lipinski definition) is 1. The van der Waals surface area contributed by atoms with Crippen LogP contribution >= 0.6 is 24.3 Å². The molecular formula is C3H7NOS2. The molecule has 7 heavy (non-hydrogen) atoms. The van der Waals surface area contributed by atoms with E-state index < -0.39 is 0 Å². The minimum absolute atomic E-state index is 0.486. The van der Waals surface area contributed by atoms with Gasteiger partial charge in [-0.1, -0.05) is 12.2 Å². The molecule has 1 N–H and O–H groups in total. The fourth-order valence-electron chi connectivity index (χ4n) is 0.0816. The van der Waals surface area contributed by atoms with Crippen molar-refractivity contribution in [2.45, 2.75) is 0 Å². The van der Waals surface area contributed by atoms with Crippen LogP contribution in [-0.2, 0) is 0 Å². The van der Waals surface area contributed by atoms with Gasteiger partial charge in [0.15, 0.2) is 4.32 Å². The summed E-state index contributed by atoms with van der Waals surface area (Å²) in [5.41, 5.74) is 0. The predicted octanol–water partition coefficient (Wildman–Crippen LogP) is 1.04. The summed E-state index contributed by atoms with van der Waals surface area (Å²) < 4.78 is 8.73. The molecule has 0 spiro atoms. The van der Waals surface area contributed by atoms with Gasteiger partial charge in [-0.2, -0.15) is 0 Å². The molecule has 0 heterocycles. The quantitative estimate of drug-likeness (QED) is 0.398. The van der Waals surface area contributed by atoms with Crippen LogP contribution in [0, 0.1) is 0 Å². The van der Waals surface area contributed by atoms with Crippen LogP contribution in [0.5, 0.6) is 0 Å². The van der Waals surface area contributed by atoms with Crippen molar-refractivity contribution in [1.29, 1.82) is 0 Å². The fourth-order valence-corrected chi connectivity index (χ4v) is 0.245. The van der Waals surface area contributed by atoms with Crippen LogP contribution in [0.4, 0.5) is 0 Å². The van der Waals surface area contributed by atoms with Gasteiger partial charge in [0, 0.05) is 14.1 Å². The first-order valence-electron chi connectivity index (χ1n) is 1.71. The monoisotopic (exact) mass is 137 g/mol. The maximum atomic E-state index is 8.24. The Bertz CT molecular complexity index is 73.3. The van der Waals surface area contributed by atoms with Crippen LogP contribution in [0.3, 0.4) is 0 Å². The first-order chi connectivity index (χ1) is 3.18. The molecule has 0 unspecified atom stereocenters. The van der Waals surface area contributed by atoms with Gasteiger partial charge in [0.2, 0.25) is 0 Å². The molecule has 0 aromatic heterocycles. The average Bonchev–Trinajstić information content (AvgIpc) is 1.65. The molecule has 0 aliphatic carbocycles. The van der Waals surface area contributed by atoms with Gasteiger partial charge in [-0.05, 0) is 0 Å². The second kappa shape index (κ2) is 3.23. The number of rotatable bonds is 0.